The summed E-state index contributed by atoms with van der Waals surface area (Å²) in [6.07, 6.45) is 3.66. The van der Waals surface area contributed by atoms with Crippen LogP contribution in [0.2, 0.25) is 0 Å². The van der Waals surface area contributed by atoms with Gasteiger partial charge in [0.1, 0.15) is 0 Å². The molecule has 170 valence electrons. The minimum atomic E-state index is -3.53. The molecule has 2 saturated heterocycles. The van der Waals surface area contributed by atoms with Crippen LogP contribution in [0.3, 0.4) is 0 Å². The summed E-state index contributed by atoms with van der Waals surface area (Å²) in [6, 6.07) is 11.9. The molecule has 8 nitrogen and oxygen atoms in total. The van der Waals surface area contributed by atoms with Gasteiger partial charge in [-0.05, 0) is 37.1 Å². The zero-order chi connectivity index (χ0) is 22.6. The van der Waals surface area contributed by atoms with E-state index in [0.29, 0.717) is 23.7 Å². The molecule has 0 aliphatic carbocycles. The van der Waals surface area contributed by atoms with Crippen LogP contribution in [0, 0.1) is 0 Å². The molecule has 1 aromatic heterocycles. The number of thioether (sulfide) groups is 1. The number of likely N-dealkylation sites (tertiary alicyclic amines) is 1. The van der Waals surface area contributed by atoms with E-state index < -0.39 is 10.0 Å². The molecule has 0 saturated carbocycles. The lowest BCUT2D eigenvalue weighted by Crippen LogP contribution is -2.50. The van der Waals surface area contributed by atoms with Gasteiger partial charge in [-0.25, -0.2) is 13.4 Å². The minimum absolute atomic E-state index is 0.00551. The van der Waals surface area contributed by atoms with Crippen molar-refractivity contribution in [2.24, 2.45) is 0 Å². The number of carbonyl (C=O) groups is 2. The number of sulfonamides is 1. The summed E-state index contributed by atoms with van der Waals surface area (Å²) in [5, 5.41) is 0.682. The fourth-order valence-corrected chi connectivity index (χ4v) is 6.03. The maximum absolute atomic E-state index is 12.7. The smallest absolute Gasteiger partial charge is 0.255 e. The quantitative estimate of drug-likeness (QED) is 0.595. The van der Waals surface area contributed by atoms with E-state index in [0.717, 1.165) is 25.9 Å². The van der Waals surface area contributed by atoms with Crippen LogP contribution >= 0.6 is 11.8 Å². The van der Waals surface area contributed by atoms with Gasteiger partial charge in [0.25, 0.3) is 5.91 Å². The molecule has 0 bridgehead atoms. The first-order valence-electron chi connectivity index (χ1n) is 10.7. The van der Waals surface area contributed by atoms with Crippen LogP contribution < -0.4 is 0 Å². The van der Waals surface area contributed by atoms with E-state index in [1.54, 1.807) is 53.6 Å². The molecular formula is C22H26N4O4S2. The number of carbonyl (C=O) groups excluding carboxylic acids is 2. The van der Waals surface area contributed by atoms with Gasteiger partial charge in [0.2, 0.25) is 15.9 Å². The second-order valence-electron chi connectivity index (χ2n) is 7.77. The zero-order valence-corrected chi connectivity index (χ0v) is 19.4. The Kier molecular flexibility index (Phi) is 7.12. The molecular weight excluding hydrogens is 448 g/mol. The van der Waals surface area contributed by atoms with E-state index in [1.807, 2.05) is 4.90 Å². The van der Waals surface area contributed by atoms with E-state index in [4.69, 9.17) is 0 Å². The summed E-state index contributed by atoms with van der Waals surface area (Å²) in [5.41, 5.74) is 0.568. The molecule has 2 aliphatic heterocycles. The Bertz CT molecular complexity index is 1050. The molecule has 0 N–H and O–H groups in total. The first-order valence-corrected chi connectivity index (χ1v) is 13.1. The molecule has 2 aliphatic rings. The first-order chi connectivity index (χ1) is 15.4. The lowest BCUT2D eigenvalue weighted by Gasteiger charge is -2.34. The lowest BCUT2D eigenvalue weighted by molar-refractivity contribution is -0.129. The van der Waals surface area contributed by atoms with Gasteiger partial charge in [-0.2, -0.15) is 4.31 Å². The van der Waals surface area contributed by atoms with E-state index in [2.05, 4.69) is 4.98 Å². The number of piperazine rings is 1. The number of amides is 2. The predicted molar refractivity (Wildman–Crippen MR) is 122 cm³/mol. The molecule has 2 aromatic rings. The average molecular weight is 475 g/mol. The van der Waals surface area contributed by atoms with Crippen molar-refractivity contribution in [2.45, 2.75) is 22.8 Å². The molecule has 1 aromatic carbocycles. The number of hydrogen-bond acceptors (Lipinski definition) is 6. The standard InChI is InChI=1S/C22H26N4O4S2/c27-21(17-31-20-9-8-18(16-23-20)22(28)25-10-4-5-11-25)24-12-14-26(15-13-24)32(29,30)19-6-2-1-3-7-19/h1-3,6-9,16H,4-5,10-15,17H2. The second kappa shape index (κ2) is 10.0. The van der Waals surface area contributed by atoms with Crippen LogP contribution in [0.15, 0.2) is 58.6 Å². The van der Waals surface area contributed by atoms with Gasteiger partial charge in [0, 0.05) is 45.5 Å². The lowest BCUT2D eigenvalue weighted by atomic mass is 10.2. The zero-order valence-electron chi connectivity index (χ0n) is 17.7. The fourth-order valence-electron chi connectivity index (χ4n) is 3.84. The van der Waals surface area contributed by atoms with Gasteiger partial charge < -0.3 is 9.80 Å². The first kappa shape index (κ1) is 22.8. The summed E-state index contributed by atoms with van der Waals surface area (Å²) in [7, 11) is -3.53. The SMILES string of the molecule is O=C(CSc1ccc(C(=O)N2CCCC2)cn1)N1CCN(S(=O)(=O)c2ccccc2)CC1. The van der Waals surface area contributed by atoms with Gasteiger partial charge in [0.05, 0.1) is 21.2 Å². The molecule has 4 rings (SSSR count). The van der Waals surface area contributed by atoms with Gasteiger partial charge >= 0.3 is 0 Å². The Labute approximate surface area is 192 Å². The van der Waals surface area contributed by atoms with Gasteiger partial charge in [-0.3, -0.25) is 9.59 Å². The van der Waals surface area contributed by atoms with Crippen molar-refractivity contribution < 1.29 is 18.0 Å². The van der Waals surface area contributed by atoms with E-state index in [1.165, 1.54) is 16.1 Å². The van der Waals surface area contributed by atoms with Crippen molar-refractivity contribution in [1.82, 2.24) is 19.1 Å². The summed E-state index contributed by atoms with van der Waals surface area (Å²) in [5.74, 6) is 0.175. The largest absolute Gasteiger partial charge is 0.339 e. The summed E-state index contributed by atoms with van der Waals surface area (Å²) >= 11 is 1.32. The molecule has 2 amide bonds. The van der Waals surface area contributed by atoms with Crippen LogP contribution in [-0.2, 0) is 14.8 Å². The third-order valence-electron chi connectivity index (χ3n) is 5.69. The third-order valence-corrected chi connectivity index (χ3v) is 8.53. The maximum Gasteiger partial charge on any atom is 0.255 e. The molecule has 0 atom stereocenters. The van der Waals surface area contributed by atoms with Crippen molar-refractivity contribution >= 4 is 33.6 Å². The summed E-state index contributed by atoms with van der Waals surface area (Å²) in [6.45, 7) is 2.87. The van der Waals surface area contributed by atoms with Crippen molar-refractivity contribution in [3.63, 3.8) is 0 Å². The molecule has 3 heterocycles. The maximum atomic E-state index is 12.7. The number of nitrogens with zero attached hydrogens (tertiary/aromatic N) is 4. The Morgan fingerprint density at radius 1 is 0.875 bits per heavy atom. The van der Waals surface area contributed by atoms with Crippen molar-refractivity contribution in [3.05, 3.63) is 54.2 Å². The highest BCUT2D eigenvalue weighted by atomic mass is 32.2. The van der Waals surface area contributed by atoms with Gasteiger partial charge in [0.15, 0.2) is 0 Å². The Balaban J connectivity index is 1.26. The highest BCUT2D eigenvalue weighted by Crippen LogP contribution is 2.20. The molecule has 0 unspecified atom stereocenters. The molecule has 2 fully saturated rings. The van der Waals surface area contributed by atoms with Gasteiger partial charge in [-0.15, -0.1) is 0 Å². The number of pyridine rings is 1. The van der Waals surface area contributed by atoms with Gasteiger partial charge in [-0.1, -0.05) is 30.0 Å². The average Bonchev–Trinajstić information content (AvgIpc) is 3.38. The second-order valence-corrected chi connectivity index (χ2v) is 10.7. The number of aromatic nitrogens is 1. The van der Waals surface area contributed by atoms with Crippen LogP contribution in [0.4, 0.5) is 0 Å². The Morgan fingerprint density at radius 2 is 1.56 bits per heavy atom. The van der Waals surface area contributed by atoms with E-state index in [9.17, 15) is 18.0 Å². The fraction of sp³-hybridized carbons (Fsp3) is 0.409. The molecule has 0 radical (unpaired) electrons. The highest BCUT2D eigenvalue weighted by Gasteiger charge is 2.30. The molecule has 0 spiro atoms. The predicted octanol–water partition coefficient (Wildman–Crippen LogP) is 1.94. The summed E-state index contributed by atoms with van der Waals surface area (Å²) < 4.78 is 26.9. The Hall–Kier alpha value is -2.43. The third kappa shape index (κ3) is 5.13. The molecule has 32 heavy (non-hydrogen) atoms. The van der Waals surface area contributed by atoms with Crippen molar-refractivity contribution in [3.8, 4) is 0 Å². The van der Waals surface area contributed by atoms with Crippen LogP contribution in [0.5, 0.6) is 0 Å². The monoisotopic (exact) mass is 474 g/mol. The topological polar surface area (TPSA) is 90.9 Å². The number of rotatable bonds is 6. The van der Waals surface area contributed by atoms with E-state index >= 15 is 0 Å². The highest BCUT2D eigenvalue weighted by molar-refractivity contribution is 7.99. The number of benzene rings is 1. The summed E-state index contributed by atoms with van der Waals surface area (Å²) in [4.78, 5) is 33.1. The normalized spacial score (nSPS) is 17.5. The van der Waals surface area contributed by atoms with Crippen molar-refractivity contribution in [2.75, 3.05) is 45.0 Å². The van der Waals surface area contributed by atoms with Crippen LogP contribution in [0.1, 0.15) is 23.2 Å². The Morgan fingerprint density at radius 3 is 2.19 bits per heavy atom. The van der Waals surface area contributed by atoms with Crippen LogP contribution in [0.25, 0.3) is 0 Å². The molecule has 10 heteroatoms. The number of hydrogen-bond donors (Lipinski definition) is 0. The van der Waals surface area contributed by atoms with E-state index in [-0.39, 0.29) is 35.6 Å². The van der Waals surface area contributed by atoms with Crippen molar-refractivity contribution in [1.29, 1.82) is 0 Å². The minimum Gasteiger partial charge on any atom is -0.339 e. The van der Waals surface area contributed by atoms with Crippen LogP contribution in [-0.4, -0.2) is 84.3 Å².